The van der Waals surface area contributed by atoms with Gasteiger partial charge in [0.05, 0.1) is 16.6 Å². The highest BCUT2D eigenvalue weighted by Gasteiger charge is 2.16. The lowest BCUT2D eigenvalue weighted by Gasteiger charge is -2.09. The number of amides is 1. The Kier molecular flexibility index (Phi) is 8.17. The minimum Gasteiger partial charge on any atom is -0.492 e. The number of benzene rings is 2. The lowest BCUT2D eigenvalue weighted by molar-refractivity contribution is -0.387. The first-order valence-corrected chi connectivity index (χ1v) is 8.99. The summed E-state index contributed by atoms with van der Waals surface area (Å²) in [7, 11) is 0. The average Bonchev–Trinajstić information content (AvgIpc) is 2.66. The summed E-state index contributed by atoms with van der Waals surface area (Å²) in [6.45, 7) is -0.393. The predicted molar refractivity (Wildman–Crippen MR) is 104 cm³/mol. The van der Waals surface area contributed by atoms with E-state index >= 15 is 0 Å². The molecule has 0 bridgehead atoms. The molecule has 2 aromatic carbocycles. The van der Waals surface area contributed by atoms with Gasteiger partial charge in [-0.15, -0.1) is 0 Å². The second-order valence-electron chi connectivity index (χ2n) is 5.66. The van der Waals surface area contributed by atoms with E-state index in [9.17, 15) is 24.1 Å². The third kappa shape index (κ3) is 7.20. The van der Waals surface area contributed by atoms with E-state index in [1.807, 2.05) is 0 Å². The van der Waals surface area contributed by atoms with Crippen LogP contribution in [0.2, 0.25) is 10.0 Å². The summed E-state index contributed by atoms with van der Waals surface area (Å²) in [6.07, 6.45) is 0.323. The maximum atomic E-state index is 13.3. The number of nitro groups is 1. The molecule has 0 fully saturated rings. The fourth-order valence-corrected chi connectivity index (χ4v) is 2.60. The van der Waals surface area contributed by atoms with Crippen LogP contribution in [0.5, 0.6) is 5.75 Å². The van der Waals surface area contributed by atoms with E-state index in [4.69, 9.17) is 32.7 Å². The molecule has 11 heteroatoms. The fraction of sp³-hybridized carbons (Fsp3) is 0.222. The van der Waals surface area contributed by atoms with Gasteiger partial charge in [-0.3, -0.25) is 19.7 Å². The number of nitrogens with zero attached hydrogens (tertiary/aromatic N) is 1. The molecule has 0 spiro atoms. The van der Waals surface area contributed by atoms with E-state index in [1.54, 1.807) is 12.1 Å². The molecule has 154 valence electrons. The molecule has 2 rings (SSSR count). The molecule has 0 radical (unpaired) electrons. The number of anilines is 1. The Hall–Kier alpha value is -2.91. The Morgan fingerprint density at radius 2 is 1.93 bits per heavy atom. The molecule has 0 aliphatic heterocycles. The largest absolute Gasteiger partial charge is 0.492 e. The molecule has 0 aliphatic carbocycles. The zero-order valence-corrected chi connectivity index (χ0v) is 16.3. The summed E-state index contributed by atoms with van der Waals surface area (Å²) in [5.74, 6) is -1.95. The molecule has 0 saturated heterocycles. The van der Waals surface area contributed by atoms with Crippen molar-refractivity contribution in [2.75, 3.05) is 18.5 Å². The Bertz CT molecular complexity index is 925. The van der Waals surface area contributed by atoms with Gasteiger partial charge in [0.25, 0.3) is 5.91 Å². The van der Waals surface area contributed by atoms with Crippen molar-refractivity contribution >= 4 is 46.5 Å². The van der Waals surface area contributed by atoms with E-state index in [0.29, 0.717) is 22.2 Å². The normalized spacial score (nSPS) is 10.3. The van der Waals surface area contributed by atoms with Gasteiger partial charge in [-0.25, -0.2) is 0 Å². The summed E-state index contributed by atoms with van der Waals surface area (Å²) in [4.78, 5) is 33.2. The van der Waals surface area contributed by atoms with Crippen LogP contribution in [0.3, 0.4) is 0 Å². The van der Waals surface area contributed by atoms with E-state index in [2.05, 4.69) is 5.32 Å². The summed E-state index contributed by atoms with van der Waals surface area (Å²) in [5, 5.41) is 13.8. The summed E-state index contributed by atoms with van der Waals surface area (Å²) < 4.78 is 23.5. The van der Waals surface area contributed by atoms with E-state index < -0.39 is 34.9 Å². The summed E-state index contributed by atoms with van der Waals surface area (Å²) >= 11 is 11.7. The van der Waals surface area contributed by atoms with Crippen molar-refractivity contribution in [2.45, 2.75) is 12.8 Å². The molecule has 0 atom stereocenters. The monoisotopic (exact) mass is 444 g/mol. The van der Waals surface area contributed by atoms with Gasteiger partial charge in [0.1, 0.15) is 5.75 Å². The third-order valence-corrected chi connectivity index (χ3v) is 4.00. The van der Waals surface area contributed by atoms with Crippen molar-refractivity contribution in [1.82, 2.24) is 0 Å². The lowest BCUT2D eigenvalue weighted by Crippen LogP contribution is -2.21. The molecule has 0 aliphatic rings. The van der Waals surface area contributed by atoms with Crippen molar-refractivity contribution in [3.8, 4) is 5.75 Å². The van der Waals surface area contributed by atoms with Crippen LogP contribution in [0.1, 0.15) is 12.8 Å². The lowest BCUT2D eigenvalue weighted by atomic mass is 10.2. The van der Waals surface area contributed by atoms with Crippen LogP contribution in [-0.2, 0) is 14.3 Å². The molecular weight excluding hydrogens is 430 g/mol. The third-order valence-electron chi connectivity index (χ3n) is 3.47. The van der Waals surface area contributed by atoms with Gasteiger partial charge < -0.3 is 14.8 Å². The molecular formula is C18H15Cl2FN2O6. The highest BCUT2D eigenvalue weighted by molar-refractivity contribution is 6.35. The summed E-state index contributed by atoms with van der Waals surface area (Å²) in [6, 6.07) is 7.63. The molecule has 0 saturated carbocycles. The smallest absolute Gasteiger partial charge is 0.306 e. The maximum absolute atomic E-state index is 13.3. The number of ether oxygens (including phenoxy) is 2. The second-order valence-corrected chi connectivity index (χ2v) is 6.50. The highest BCUT2D eigenvalue weighted by Crippen LogP contribution is 2.27. The standard InChI is InChI=1S/C18H15Cl2FN2O6/c19-11-3-6-16(13(20)8-11)28-7-1-2-18(25)29-10-17(24)22-12-4-5-14(21)15(9-12)23(26)27/h3-6,8-9H,1-2,7,10H2,(H,22,24). The maximum Gasteiger partial charge on any atom is 0.306 e. The van der Waals surface area contributed by atoms with E-state index in [-0.39, 0.29) is 18.7 Å². The first-order valence-electron chi connectivity index (χ1n) is 8.23. The Labute approximate surface area is 174 Å². The SMILES string of the molecule is O=C(COC(=O)CCCOc1ccc(Cl)cc1Cl)Nc1ccc(F)c([N+](=O)[O-])c1. The first-order chi connectivity index (χ1) is 13.8. The fourth-order valence-electron chi connectivity index (χ4n) is 2.14. The van der Waals surface area contributed by atoms with Gasteiger partial charge in [0.2, 0.25) is 5.82 Å². The number of hydrogen-bond acceptors (Lipinski definition) is 6. The number of nitrogens with one attached hydrogen (secondary N) is 1. The molecule has 1 amide bonds. The number of carbonyl (C=O) groups is 2. The predicted octanol–water partition coefficient (Wildman–Crippen LogP) is 4.38. The molecule has 0 aromatic heterocycles. The molecule has 29 heavy (non-hydrogen) atoms. The zero-order chi connectivity index (χ0) is 21.4. The molecule has 2 aromatic rings. The second kappa shape index (κ2) is 10.6. The first kappa shape index (κ1) is 22.4. The van der Waals surface area contributed by atoms with Crippen LogP contribution in [0, 0.1) is 15.9 Å². The molecule has 0 heterocycles. The quantitative estimate of drug-likeness (QED) is 0.266. The van der Waals surface area contributed by atoms with Crippen LogP contribution in [-0.4, -0.2) is 30.0 Å². The van der Waals surface area contributed by atoms with Crippen molar-refractivity contribution < 1.29 is 28.4 Å². The average molecular weight is 445 g/mol. The van der Waals surface area contributed by atoms with Crippen molar-refractivity contribution in [3.05, 3.63) is 62.4 Å². The highest BCUT2D eigenvalue weighted by atomic mass is 35.5. The van der Waals surface area contributed by atoms with Crippen LogP contribution in [0.15, 0.2) is 36.4 Å². The minimum atomic E-state index is -1.03. The van der Waals surface area contributed by atoms with E-state index in [1.165, 1.54) is 6.07 Å². The topological polar surface area (TPSA) is 108 Å². The zero-order valence-electron chi connectivity index (χ0n) is 14.8. The van der Waals surface area contributed by atoms with Crippen LogP contribution in [0.25, 0.3) is 0 Å². The summed E-state index contributed by atoms with van der Waals surface area (Å²) in [5.41, 5.74) is -0.770. The Morgan fingerprint density at radius 1 is 1.17 bits per heavy atom. The Balaban J connectivity index is 1.70. The number of esters is 1. The number of carbonyl (C=O) groups excluding carboxylic acids is 2. The Morgan fingerprint density at radius 3 is 2.62 bits per heavy atom. The number of nitro benzene ring substituents is 1. The van der Waals surface area contributed by atoms with Crippen molar-refractivity contribution in [1.29, 1.82) is 0 Å². The molecule has 8 nitrogen and oxygen atoms in total. The van der Waals surface area contributed by atoms with Gasteiger partial charge in [-0.1, -0.05) is 23.2 Å². The molecule has 0 unspecified atom stereocenters. The van der Waals surface area contributed by atoms with Crippen LogP contribution >= 0.6 is 23.2 Å². The number of rotatable bonds is 9. The van der Waals surface area contributed by atoms with Gasteiger partial charge >= 0.3 is 11.7 Å². The van der Waals surface area contributed by atoms with Crippen LogP contribution in [0.4, 0.5) is 15.8 Å². The van der Waals surface area contributed by atoms with Gasteiger partial charge in [-0.2, -0.15) is 4.39 Å². The van der Waals surface area contributed by atoms with Crippen molar-refractivity contribution in [2.24, 2.45) is 0 Å². The van der Waals surface area contributed by atoms with Crippen molar-refractivity contribution in [3.63, 3.8) is 0 Å². The number of hydrogen-bond donors (Lipinski definition) is 1. The van der Waals surface area contributed by atoms with Gasteiger partial charge in [0.15, 0.2) is 6.61 Å². The van der Waals surface area contributed by atoms with E-state index in [0.717, 1.165) is 18.2 Å². The van der Waals surface area contributed by atoms with Gasteiger partial charge in [0, 0.05) is 23.2 Å². The van der Waals surface area contributed by atoms with Crippen LogP contribution < -0.4 is 10.1 Å². The number of halogens is 3. The van der Waals surface area contributed by atoms with Gasteiger partial charge in [-0.05, 0) is 36.8 Å². The minimum absolute atomic E-state index is 0.000505. The molecule has 1 N–H and O–H groups in total.